The number of nitrogens with zero attached hydrogens (tertiary/aromatic N) is 2. The number of hydrogen-bond acceptors (Lipinski definition) is 5. The number of hydrogen-bond donors (Lipinski definition) is 0. The summed E-state index contributed by atoms with van der Waals surface area (Å²) >= 11 is 0. The lowest BCUT2D eigenvalue weighted by molar-refractivity contribution is -0.128. The zero-order valence-electron chi connectivity index (χ0n) is 17.6. The molecule has 0 radical (unpaired) electrons. The van der Waals surface area contributed by atoms with E-state index in [1.807, 2.05) is 31.2 Å². The Kier molecular flexibility index (Phi) is 5.01. The molecule has 2 aliphatic rings. The molecule has 2 amide bonds. The number of anilines is 2. The molecule has 0 fully saturated rings. The molecule has 2 aromatic carbocycles. The van der Waals surface area contributed by atoms with Gasteiger partial charge in [-0.2, -0.15) is 0 Å². The number of carbonyl (C=O) groups is 3. The quantitative estimate of drug-likeness (QED) is 0.578. The van der Waals surface area contributed by atoms with Crippen LogP contribution in [0.4, 0.5) is 11.4 Å². The summed E-state index contributed by atoms with van der Waals surface area (Å²) in [5.41, 5.74) is 2.77. The lowest BCUT2D eigenvalue weighted by Gasteiger charge is -2.34. The van der Waals surface area contributed by atoms with Gasteiger partial charge in [-0.05, 0) is 54.8 Å². The summed E-state index contributed by atoms with van der Waals surface area (Å²) in [6.07, 6.45) is 2.02. The highest BCUT2D eigenvalue weighted by atomic mass is 16.5. The number of para-hydroxylation sites is 1. The van der Waals surface area contributed by atoms with Gasteiger partial charge in [0.25, 0.3) is 5.91 Å². The number of ketones is 1. The van der Waals surface area contributed by atoms with Gasteiger partial charge in [0, 0.05) is 17.8 Å². The molecule has 0 aliphatic carbocycles. The number of ether oxygens (including phenoxy) is 1. The highest BCUT2D eigenvalue weighted by molar-refractivity contribution is 6.11. The van der Waals surface area contributed by atoms with Crippen molar-refractivity contribution in [2.45, 2.75) is 25.9 Å². The summed E-state index contributed by atoms with van der Waals surface area (Å²) in [6, 6.07) is 15.9. The van der Waals surface area contributed by atoms with Crippen LogP contribution in [0, 0.1) is 0 Å². The summed E-state index contributed by atoms with van der Waals surface area (Å²) < 4.78 is 11.1. The van der Waals surface area contributed by atoms with Gasteiger partial charge < -0.3 is 14.1 Å². The first-order valence-corrected chi connectivity index (χ1v) is 10.7. The maximum Gasteiger partial charge on any atom is 0.268 e. The van der Waals surface area contributed by atoms with Crippen molar-refractivity contribution in [1.82, 2.24) is 0 Å². The zero-order chi connectivity index (χ0) is 22.2. The Balaban J connectivity index is 1.48. The number of fused-ring (bicyclic) bond motifs is 2. The van der Waals surface area contributed by atoms with Crippen molar-refractivity contribution in [3.63, 3.8) is 0 Å². The van der Waals surface area contributed by atoms with Gasteiger partial charge in [0.05, 0.1) is 12.0 Å². The molecule has 0 bridgehead atoms. The van der Waals surface area contributed by atoms with Gasteiger partial charge in [0.1, 0.15) is 12.3 Å². The predicted octanol–water partition coefficient (Wildman–Crippen LogP) is 3.60. The fourth-order valence-corrected chi connectivity index (χ4v) is 4.25. The predicted molar refractivity (Wildman–Crippen MR) is 118 cm³/mol. The van der Waals surface area contributed by atoms with E-state index in [2.05, 4.69) is 0 Å². The summed E-state index contributed by atoms with van der Waals surface area (Å²) in [5.74, 6) is -0.0855. The molecule has 5 rings (SSSR count). The van der Waals surface area contributed by atoms with Crippen molar-refractivity contribution in [1.29, 1.82) is 0 Å². The van der Waals surface area contributed by atoms with Crippen molar-refractivity contribution in [3.05, 3.63) is 77.7 Å². The van der Waals surface area contributed by atoms with E-state index in [9.17, 15) is 14.4 Å². The maximum atomic E-state index is 13.2. The molecule has 0 saturated carbocycles. The molecule has 7 heteroatoms. The monoisotopic (exact) mass is 430 g/mol. The number of rotatable bonds is 5. The van der Waals surface area contributed by atoms with E-state index in [4.69, 9.17) is 9.15 Å². The Hall–Kier alpha value is -3.87. The van der Waals surface area contributed by atoms with Crippen molar-refractivity contribution in [2.75, 3.05) is 22.9 Å². The summed E-state index contributed by atoms with van der Waals surface area (Å²) in [5, 5.41) is 0. The van der Waals surface area contributed by atoms with Crippen LogP contribution in [0.25, 0.3) is 0 Å². The van der Waals surface area contributed by atoms with E-state index in [-0.39, 0.29) is 29.9 Å². The van der Waals surface area contributed by atoms with Crippen LogP contribution in [0.2, 0.25) is 0 Å². The van der Waals surface area contributed by atoms with Crippen LogP contribution in [0.5, 0.6) is 5.75 Å². The Labute approximate surface area is 185 Å². The minimum Gasteiger partial charge on any atom is -0.478 e. The van der Waals surface area contributed by atoms with Gasteiger partial charge in [-0.25, -0.2) is 0 Å². The fraction of sp³-hybridized carbons (Fsp3) is 0.240. The average molecular weight is 430 g/mol. The molecule has 3 aromatic rings. The van der Waals surface area contributed by atoms with Crippen LogP contribution >= 0.6 is 0 Å². The maximum absolute atomic E-state index is 13.2. The molecular weight excluding hydrogens is 408 g/mol. The van der Waals surface area contributed by atoms with E-state index in [1.165, 1.54) is 11.2 Å². The van der Waals surface area contributed by atoms with Crippen molar-refractivity contribution >= 4 is 29.0 Å². The second-order valence-electron chi connectivity index (χ2n) is 7.85. The molecule has 0 saturated heterocycles. The number of amides is 2. The summed E-state index contributed by atoms with van der Waals surface area (Å²) in [7, 11) is 0. The first-order valence-electron chi connectivity index (χ1n) is 10.7. The first-order chi connectivity index (χ1) is 15.6. The van der Waals surface area contributed by atoms with Crippen molar-refractivity contribution in [2.24, 2.45) is 0 Å². The highest BCUT2D eigenvalue weighted by Crippen LogP contribution is 2.37. The van der Waals surface area contributed by atoms with Crippen LogP contribution in [0.3, 0.4) is 0 Å². The molecular formula is C25H22N2O5. The van der Waals surface area contributed by atoms with E-state index in [1.54, 1.807) is 35.2 Å². The zero-order valence-corrected chi connectivity index (χ0v) is 17.6. The van der Waals surface area contributed by atoms with E-state index >= 15 is 0 Å². The Morgan fingerprint density at radius 3 is 2.69 bits per heavy atom. The second-order valence-corrected chi connectivity index (χ2v) is 7.85. The number of benzene rings is 2. The third kappa shape index (κ3) is 3.36. The van der Waals surface area contributed by atoms with Gasteiger partial charge in [-0.1, -0.05) is 25.1 Å². The van der Waals surface area contributed by atoms with E-state index in [0.717, 1.165) is 17.7 Å². The Morgan fingerprint density at radius 1 is 1.06 bits per heavy atom. The smallest absolute Gasteiger partial charge is 0.268 e. The molecule has 162 valence electrons. The van der Waals surface area contributed by atoms with Crippen LogP contribution < -0.4 is 14.5 Å². The van der Waals surface area contributed by atoms with Crippen LogP contribution in [-0.2, 0) is 16.0 Å². The highest BCUT2D eigenvalue weighted by Gasteiger charge is 2.36. The SMILES string of the molecule is CC[C@H]1Oc2ccc(C(=O)c3ccco3)cc2N(CC(=O)N2CCc3ccccc32)C1=O. The molecule has 0 N–H and O–H groups in total. The third-order valence-electron chi connectivity index (χ3n) is 5.92. The largest absolute Gasteiger partial charge is 0.478 e. The minimum absolute atomic E-state index is 0.127. The molecule has 7 nitrogen and oxygen atoms in total. The lowest BCUT2D eigenvalue weighted by Crippen LogP contribution is -2.50. The van der Waals surface area contributed by atoms with E-state index in [0.29, 0.717) is 30.0 Å². The Morgan fingerprint density at radius 2 is 1.91 bits per heavy atom. The topological polar surface area (TPSA) is 80.1 Å². The van der Waals surface area contributed by atoms with Crippen molar-refractivity contribution < 1.29 is 23.5 Å². The van der Waals surface area contributed by atoms with Crippen molar-refractivity contribution in [3.8, 4) is 5.75 Å². The van der Waals surface area contributed by atoms with Gasteiger partial charge in [0.15, 0.2) is 11.9 Å². The van der Waals surface area contributed by atoms with E-state index < -0.39 is 6.10 Å². The van der Waals surface area contributed by atoms with Crippen LogP contribution in [0.15, 0.2) is 65.3 Å². The lowest BCUT2D eigenvalue weighted by atomic mass is 10.0. The van der Waals surface area contributed by atoms with Gasteiger partial charge in [-0.3, -0.25) is 19.3 Å². The standard InChI is InChI=1S/C25H22N2O5/c1-2-20-25(30)27(15-23(28)26-12-11-16-6-3-4-7-18(16)26)19-14-17(9-10-21(19)32-20)24(29)22-8-5-13-31-22/h3-10,13-14,20H,2,11-12,15H2,1H3/t20-/m1/s1. The normalized spacial score (nSPS) is 17.0. The number of furan rings is 1. The van der Waals surface area contributed by atoms with Gasteiger partial charge in [-0.15, -0.1) is 0 Å². The molecule has 0 unspecified atom stereocenters. The first kappa shape index (κ1) is 20.1. The van der Waals surface area contributed by atoms with Gasteiger partial charge >= 0.3 is 0 Å². The second kappa shape index (κ2) is 8.00. The molecule has 0 spiro atoms. The molecule has 3 heterocycles. The minimum atomic E-state index is -0.673. The molecule has 32 heavy (non-hydrogen) atoms. The molecule has 2 aliphatic heterocycles. The fourth-order valence-electron chi connectivity index (χ4n) is 4.25. The Bertz CT molecular complexity index is 1200. The average Bonchev–Trinajstić information content (AvgIpc) is 3.50. The molecule has 1 atom stereocenters. The molecule has 1 aromatic heterocycles. The summed E-state index contributed by atoms with van der Waals surface area (Å²) in [4.78, 5) is 42.3. The number of carbonyl (C=O) groups excluding carboxylic acids is 3. The third-order valence-corrected chi connectivity index (χ3v) is 5.92. The van der Waals surface area contributed by atoms with Crippen LogP contribution in [-0.4, -0.2) is 36.8 Å². The summed E-state index contributed by atoms with van der Waals surface area (Å²) in [6.45, 7) is 2.31. The van der Waals surface area contributed by atoms with Gasteiger partial charge in [0.2, 0.25) is 11.7 Å². The van der Waals surface area contributed by atoms with Crippen LogP contribution in [0.1, 0.15) is 35.0 Å².